The average molecular weight is 312 g/mol. The number of piperazine rings is 1. The summed E-state index contributed by atoms with van der Waals surface area (Å²) in [6.07, 6.45) is 3.71. The Morgan fingerprint density at radius 2 is 2.09 bits per heavy atom. The zero-order valence-corrected chi connectivity index (χ0v) is 14.0. The fourth-order valence-corrected chi connectivity index (χ4v) is 3.23. The normalized spacial score (nSPS) is 19.2. The number of carbonyl (C=O) groups is 1. The van der Waals surface area contributed by atoms with Crippen molar-refractivity contribution in [2.45, 2.75) is 32.4 Å². The summed E-state index contributed by atoms with van der Waals surface area (Å²) in [5, 5.41) is 2.34. The van der Waals surface area contributed by atoms with Gasteiger partial charge in [0.25, 0.3) is 0 Å². The molecular formula is C18H24N4O. The van der Waals surface area contributed by atoms with Crippen LogP contribution in [0.1, 0.15) is 20.8 Å². The Balaban J connectivity index is 1.84. The van der Waals surface area contributed by atoms with Crippen LogP contribution in [0.25, 0.3) is 10.8 Å². The minimum atomic E-state index is -0.818. The number of amides is 1. The number of nitrogens with two attached hydrogens (primary N) is 1. The van der Waals surface area contributed by atoms with Gasteiger partial charge in [0.2, 0.25) is 5.91 Å². The molecule has 1 aromatic carbocycles. The second kappa shape index (κ2) is 5.81. The van der Waals surface area contributed by atoms with E-state index < -0.39 is 5.54 Å². The van der Waals surface area contributed by atoms with Crippen LogP contribution in [0.4, 0.5) is 5.69 Å². The van der Waals surface area contributed by atoms with E-state index in [-0.39, 0.29) is 11.9 Å². The molecule has 5 heteroatoms. The van der Waals surface area contributed by atoms with Gasteiger partial charge in [0.15, 0.2) is 0 Å². The lowest BCUT2D eigenvalue weighted by Gasteiger charge is -2.43. The molecule has 2 aromatic rings. The minimum absolute atomic E-state index is 0.0202. The fourth-order valence-electron chi connectivity index (χ4n) is 3.23. The minimum Gasteiger partial charge on any atom is -0.367 e. The van der Waals surface area contributed by atoms with Crippen LogP contribution in [0.3, 0.4) is 0 Å². The molecule has 2 N–H and O–H groups in total. The quantitative estimate of drug-likeness (QED) is 0.921. The molecule has 1 aromatic heterocycles. The van der Waals surface area contributed by atoms with Gasteiger partial charge < -0.3 is 15.5 Å². The van der Waals surface area contributed by atoms with Gasteiger partial charge in [-0.1, -0.05) is 12.1 Å². The smallest absolute Gasteiger partial charge is 0.242 e. The molecule has 0 radical (unpaired) electrons. The van der Waals surface area contributed by atoms with Crippen LogP contribution in [0.2, 0.25) is 0 Å². The summed E-state index contributed by atoms with van der Waals surface area (Å²) >= 11 is 0. The maximum atomic E-state index is 12.5. The molecule has 0 saturated carbocycles. The van der Waals surface area contributed by atoms with Crippen molar-refractivity contribution in [2.24, 2.45) is 5.73 Å². The molecular weight excluding hydrogens is 288 g/mol. The van der Waals surface area contributed by atoms with Gasteiger partial charge in [0.05, 0.1) is 5.54 Å². The standard InChI is InChI=1S/C18H24N4O/c1-13-12-21(9-10-22(13)17(23)18(2,3)19)16-6-4-5-14-11-20-8-7-15(14)16/h4-8,11,13H,9-10,12,19H2,1-3H3. The highest BCUT2D eigenvalue weighted by Crippen LogP contribution is 2.28. The third-order valence-corrected chi connectivity index (χ3v) is 4.44. The molecule has 1 saturated heterocycles. The number of hydrogen-bond donors (Lipinski definition) is 1. The lowest BCUT2D eigenvalue weighted by molar-refractivity contribution is -0.138. The van der Waals surface area contributed by atoms with Crippen molar-refractivity contribution in [1.29, 1.82) is 0 Å². The van der Waals surface area contributed by atoms with Gasteiger partial charge in [-0.15, -0.1) is 0 Å². The van der Waals surface area contributed by atoms with Crippen LogP contribution in [0.5, 0.6) is 0 Å². The van der Waals surface area contributed by atoms with Crippen molar-refractivity contribution in [3.8, 4) is 0 Å². The van der Waals surface area contributed by atoms with E-state index >= 15 is 0 Å². The summed E-state index contributed by atoms with van der Waals surface area (Å²) in [4.78, 5) is 20.9. The Hall–Kier alpha value is -2.14. The lowest BCUT2D eigenvalue weighted by atomic mass is 10.0. The number of rotatable bonds is 2. The highest BCUT2D eigenvalue weighted by atomic mass is 16.2. The molecule has 5 nitrogen and oxygen atoms in total. The van der Waals surface area contributed by atoms with Crippen molar-refractivity contribution in [1.82, 2.24) is 9.88 Å². The molecule has 1 unspecified atom stereocenters. The lowest BCUT2D eigenvalue weighted by Crippen LogP contribution is -2.60. The van der Waals surface area contributed by atoms with E-state index in [4.69, 9.17) is 5.73 Å². The van der Waals surface area contributed by atoms with Gasteiger partial charge >= 0.3 is 0 Å². The number of carbonyl (C=O) groups excluding carboxylic acids is 1. The first-order valence-electron chi connectivity index (χ1n) is 8.05. The monoisotopic (exact) mass is 312 g/mol. The van der Waals surface area contributed by atoms with Crippen LogP contribution in [0.15, 0.2) is 36.7 Å². The highest BCUT2D eigenvalue weighted by Gasteiger charge is 2.34. The second-order valence-corrected chi connectivity index (χ2v) is 6.89. The maximum absolute atomic E-state index is 12.5. The van der Waals surface area contributed by atoms with Crippen LogP contribution >= 0.6 is 0 Å². The number of benzene rings is 1. The van der Waals surface area contributed by atoms with E-state index in [9.17, 15) is 4.79 Å². The van der Waals surface area contributed by atoms with Crippen molar-refractivity contribution < 1.29 is 4.79 Å². The van der Waals surface area contributed by atoms with Crippen LogP contribution < -0.4 is 10.6 Å². The first-order chi connectivity index (χ1) is 10.9. The number of fused-ring (bicyclic) bond motifs is 1. The van der Waals surface area contributed by atoms with E-state index in [0.29, 0.717) is 6.54 Å². The van der Waals surface area contributed by atoms with Gasteiger partial charge in [-0.25, -0.2) is 0 Å². The number of anilines is 1. The Kier molecular flexibility index (Phi) is 3.98. The van der Waals surface area contributed by atoms with Gasteiger partial charge in [-0.3, -0.25) is 9.78 Å². The predicted octanol–water partition coefficient (Wildman–Crippen LogP) is 2.01. The first kappa shape index (κ1) is 15.7. The summed E-state index contributed by atoms with van der Waals surface area (Å²) in [6.45, 7) is 7.94. The summed E-state index contributed by atoms with van der Waals surface area (Å²) in [7, 11) is 0. The molecule has 0 spiro atoms. The molecule has 3 rings (SSSR count). The average Bonchev–Trinajstić information content (AvgIpc) is 2.53. The molecule has 122 valence electrons. The highest BCUT2D eigenvalue weighted by molar-refractivity contribution is 5.94. The van der Waals surface area contributed by atoms with Crippen molar-refractivity contribution in [2.75, 3.05) is 24.5 Å². The van der Waals surface area contributed by atoms with Gasteiger partial charge in [0, 0.05) is 54.5 Å². The zero-order chi connectivity index (χ0) is 16.6. The summed E-state index contributed by atoms with van der Waals surface area (Å²) < 4.78 is 0. The van der Waals surface area contributed by atoms with E-state index in [1.165, 1.54) is 11.1 Å². The maximum Gasteiger partial charge on any atom is 0.242 e. The summed E-state index contributed by atoms with van der Waals surface area (Å²) in [5.41, 5.74) is 6.37. The van der Waals surface area contributed by atoms with Crippen LogP contribution in [-0.2, 0) is 4.79 Å². The van der Waals surface area contributed by atoms with Crippen LogP contribution in [0, 0.1) is 0 Å². The van der Waals surface area contributed by atoms with Crippen molar-refractivity contribution >= 4 is 22.4 Å². The number of hydrogen-bond acceptors (Lipinski definition) is 4. The predicted molar refractivity (Wildman–Crippen MR) is 93.4 cm³/mol. The Bertz CT molecular complexity index is 717. The third-order valence-electron chi connectivity index (χ3n) is 4.44. The van der Waals surface area contributed by atoms with E-state index in [2.05, 4.69) is 41.1 Å². The molecule has 2 heterocycles. The molecule has 0 aliphatic carbocycles. The van der Waals surface area contributed by atoms with E-state index in [0.717, 1.165) is 18.5 Å². The van der Waals surface area contributed by atoms with Gasteiger partial charge in [-0.05, 0) is 32.9 Å². The van der Waals surface area contributed by atoms with E-state index in [1.54, 1.807) is 13.8 Å². The third kappa shape index (κ3) is 3.01. The Morgan fingerprint density at radius 1 is 1.30 bits per heavy atom. The molecule has 1 atom stereocenters. The SMILES string of the molecule is CC1CN(c2cccc3cnccc23)CCN1C(=O)C(C)(C)N. The topological polar surface area (TPSA) is 62.5 Å². The van der Waals surface area contributed by atoms with Crippen molar-refractivity contribution in [3.05, 3.63) is 36.7 Å². The summed E-state index contributed by atoms with van der Waals surface area (Å²) in [5.74, 6) is 0.0202. The second-order valence-electron chi connectivity index (χ2n) is 6.89. The first-order valence-corrected chi connectivity index (χ1v) is 8.05. The number of pyridine rings is 1. The Morgan fingerprint density at radius 3 is 2.78 bits per heavy atom. The largest absolute Gasteiger partial charge is 0.367 e. The molecule has 1 aliphatic rings. The molecule has 1 fully saturated rings. The molecule has 23 heavy (non-hydrogen) atoms. The summed E-state index contributed by atoms with van der Waals surface area (Å²) in [6, 6.07) is 8.46. The number of nitrogens with zero attached hydrogens (tertiary/aromatic N) is 3. The van der Waals surface area contributed by atoms with Crippen LogP contribution in [-0.4, -0.2) is 47.0 Å². The Labute approximate surface area is 137 Å². The van der Waals surface area contributed by atoms with Gasteiger partial charge in [-0.2, -0.15) is 0 Å². The van der Waals surface area contributed by atoms with Gasteiger partial charge in [0.1, 0.15) is 0 Å². The number of aromatic nitrogens is 1. The molecule has 1 aliphatic heterocycles. The van der Waals surface area contributed by atoms with E-state index in [1.807, 2.05) is 17.3 Å². The molecule has 1 amide bonds. The zero-order valence-electron chi connectivity index (χ0n) is 14.0. The molecule has 0 bridgehead atoms. The fraction of sp³-hybridized carbons (Fsp3) is 0.444. The van der Waals surface area contributed by atoms with Crippen molar-refractivity contribution in [3.63, 3.8) is 0 Å².